The van der Waals surface area contributed by atoms with Crippen LogP contribution in [0, 0.1) is 12.3 Å². The molecule has 0 aromatic heterocycles. The van der Waals surface area contributed by atoms with E-state index in [0.29, 0.717) is 0 Å². The number of hydrogen-bond acceptors (Lipinski definition) is 1. The summed E-state index contributed by atoms with van der Waals surface area (Å²) in [7, 11) is 1.59. The Morgan fingerprint density at radius 1 is 1.83 bits per heavy atom. The van der Waals surface area contributed by atoms with Crippen molar-refractivity contribution in [2.75, 3.05) is 7.11 Å². The molecule has 0 fully saturated rings. The fourth-order valence-corrected chi connectivity index (χ4v) is 0.0680. The first-order valence-corrected chi connectivity index (χ1v) is 1.80. The van der Waals surface area contributed by atoms with Crippen LogP contribution in [0.2, 0.25) is 0 Å². The zero-order valence-corrected chi connectivity index (χ0v) is 4.06. The van der Waals surface area contributed by atoms with Gasteiger partial charge in [0, 0.05) is 7.11 Å². The minimum Gasteiger partial charge on any atom is -0.369 e. The number of ether oxygens (including phenoxy) is 1. The van der Waals surface area contributed by atoms with E-state index >= 15 is 0 Å². The van der Waals surface area contributed by atoms with Crippen LogP contribution in [0.25, 0.3) is 0 Å². The summed E-state index contributed by atoms with van der Waals surface area (Å²) in [6, 6.07) is 0. The number of hydrogen-bond donors (Lipinski definition) is 0. The van der Waals surface area contributed by atoms with Gasteiger partial charge in [-0.2, -0.15) is 0 Å². The molecule has 0 saturated heterocycles. The standard InChI is InChI=1S/C5H8O/c1-4-5(2)6-3/h1,5H,2-3H3. The Labute approximate surface area is 38.3 Å². The summed E-state index contributed by atoms with van der Waals surface area (Å²) in [4.78, 5) is 0. The topological polar surface area (TPSA) is 9.23 Å². The zero-order chi connectivity index (χ0) is 4.99. The van der Waals surface area contributed by atoms with E-state index in [-0.39, 0.29) is 6.10 Å². The number of terminal acetylenes is 1. The molecule has 0 saturated carbocycles. The van der Waals surface area contributed by atoms with Gasteiger partial charge in [-0.3, -0.25) is 0 Å². The van der Waals surface area contributed by atoms with Gasteiger partial charge < -0.3 is 4.74 Å². The lowest BCUT2D eigenvalue weighted by molar-refractivity contribution is 0.164. The fourth-order valence-electron chi connectivity index (χ4n) is 0.0680. The lowest BCUT2D eigenvalue weighted by Crippen LogP contribution is -1.97. The molecule has 0 aliphatic rings. The molecule has 0 aliphatic carbocycles. The lowest BCUT2D eigenvalue weighted by Gasteiger charge is -1.94. The molecule has 1 unspecified atom stereocenters. The number of rotatable bonds is 1. The van der Waals surface area contributed by atoms with E-state index in [2.05, 4.69) is 10.7 Å². The third-order valence-electron chi connectivity index (χ3n) is 0.588. The van der Waals surface area contributed by atoms with E-state index < -0.39 is 0 Å². The molecule has 1 atom stereocenters. The van der Waals surface area contributed by atoms with Crippen molar-refractivity contribution in [3.63, 3.8) is 0 Å². The SMILES string of the molecule is C#CC(C)OC. The second-order valence-electron chi connectivity index (χ2n) is 1.04. The van der Waals surface area contributed by atoms with Gasteiger partial charge in [-0.1, -0.05) is 5.92 Å². The van der Waals surface area contributed by atoms with E-state index in [1.54, 1.807) is 7.11 Å². The molecule has 0 heterocycles. The molecule has 0 spiro atoms. The monoisotopic (exact) mass is 84.1 g/mol. The molecule has 0 aromatic rings. The van der Waals surface area contributed by atoms with Crippen LogP contribution in [0.1, 0.15) is 6.92 Å². The summed E-state index contributed by atoms with van der Waals surface area (Å²) in [5.41, 5.74) is 0. The van der Waals surface area contributed by atoms with Crippen molar-refractivity contribution in [2.45, 2.75) is 13.0 Å². The first kappa shape index (κ1) is 5.52. The highest BCUT2D eigenvalue weighted by Crippen LogP contribution is 1.78. The highest BCUT2D eigenvalue weighted by Gasteiger charge is 1.84. The molecule has 0 rings (SSSR count). The normalized spacial score (nSPS) is 12.8. The van der Waals surface area contributed by atoms with Crippen LogP contribution in [0.15, 0.2) is 0 Å². The van der Waals surface area contributed by atoms with Crippen molar-refractivity contribution in [1.82, 2.24) is 0 Å². The van der Waals surface area contributed by atoms with Gasteiger partial charge in [0.15, 0.2) is 0 Å². The quantitative estimate of drug-likeness (QED) is 0.424. The Balaban J connectivity index is 3.04. The molecule has 1 nitrogen and oxygen atoms in total. The second kappa shape index (κ2) is 2.74. The summed E-state index contributed by atoms with van der Waals surface area (Å²) in [6.07, 6.45) is 4.87. The minimum absolute atomic E-state index is 0.0370. The van der Waals surface area contributed by atoms with Crippen LogP contribution in [-0.2, 0) is 4.74 Å². The van der Waals surface area contributed by atoms with Gasteiger partial charge >= 0.3 is 0 Å². The van der Waals surface area contributed by atoms with Gasteiger partial charge in [0.1, 0.15) is 6.10 Å². The lowest BCUT2D eigenvalue weighted by atomic mass is 10.4. The number of methoxy groups -OCH3 is 1. The molecule has 0 aromatic carbocycles. The summed E-state index contributed by atoms with van der Waals surface area (Å²) in [5, 5.41) is 0. The van der Waals surface area contributed by atoms with Crippen LogP contribution in [0.5, 0.6) is 0 Å². The van der Waals surface area contributed by atoms with Gasteiger partial charge in [0.2, 0.25) is 0 Å². The van der Waals surface area contributed by atoms with E-state index in [1.165, 1.54) is 0 Å². The van der Waals surface area contributed by atoms with Crippen LogP contribution in [0.3, 0.4) is 0 Å². The average molecular weight is 84.1 g/mol. The van der Waals surface area contributed by atoms with Gasteiger partial charge in [-0.25, -0.2) is 0 Å². The maximum atomic E-state index is 4.91. The largest absolute Gasteiger partial charge is 0.369 e. The summed E-state index contributed by atoms with van der Waals surface area (Å²) in [6.45, 7) is 1.82. The van der Waals surface area contributed by atoms with E-state index in [9.17, 15) is 0 Å². The molecule has 0 bridgehead atoms. The summed E-state index contributed by atoms with van der Waals surface area (Å²) in [5.74, 6) is 2.39. The molecule has 0 N–H and O–H groups in total. The summed E-state index contributed by atoms with van der Waals surface area (Å²) < 4.78 is 4.66. The Hall–Kier alpha value is -0.480. The summed E-state index contributed by atoms with van der Waals surface area (Å²) >= 11 is 0. The maximum Gasteiger partial charge on any atom is 0.114 e. The Morgan fingerprint density at radius 3 is 2.33 bits per heavy atom. The molecule has 34 valence electrons. The molecular formula is C5H8O. The predicted molar refractivity (Wildman–Crippen MR) is 25.3 cm³/mol. The van der Waals surface area contributed by atoms with Crippen molar-refractivity contribution < 1.29 is 4.74 Å². The van der Waals surface area contributed by atoms with Crippen LogP contribution >= 0.6 is 0 Å². The van der Waals surface area contributed by atoms with Crippen molar-refractivity contribution in [1.29, 1.82) is 0 Å². The Morgan fingerprint density at radius 2 is 2.33 bits per heavy atom. The predicted octanol–water partition coefficient (Wildman–Crippen LogP) is 0.654. The highest BCUT2D eigenvalue weighted by atomic mass is 16.5. The van der Waals surface area contributed by atoms with E-state index in [0.717, 1.165) is 0 Å². The van der Waals surface area contributed by atoms with E-state index in [1.807, 2.05) is 6.92 Å². The van der Waals surface area contributed by atoms with Crippen LogP contribution in [0.4, 0.5) is 0 Å². The molecule has 0 radical (unpaired) electrons. The van der Waals surface area contributed by atoms with Crippen LogP contribution in [-0.4, -0.2) is 13.2 Å². The smallest absolute Gasteiger partial charge is 0.114 e. The van der Waals surface area contributed by atoms with Crippen molar-refractivity contribution >= 4 is 0 Å². The van der Waals surface area contributed by atoms with Gasteiger partial charge in [0.25, 0.3) is 0 Å². The van der Waals surface area contributed by atoms with Crippen LogP contribution < -0.4 is 0 Å². The highest BCUT2D eigenvalue weighted by molar-refractivity contribution is 4.90. The molecular weight excluding hydrogens is 76.1 g/mol. The first-order valence-electron chi connectivity index (χ1n) is 1.80. The molecule has 6 heavy (non-hydrogen) atoms. The molecule has 0 amide bonds. The van der Waals surface area contributed by atoms with Gasteiger partial charge in [-0.15, -0.1) is 6.42 Å². The first-order chi connectivity index (χ1) is 2.81. The fraction of sp³-hybridized carbons (Fsp3) is 0.600. The Kier molecular flexibility index (Phi) is 2.52. The maximum absolute atomic E-state index is 4.91. The Bertz CT molecular complexity index is 60.8. The molecule has 0 aliphatic heterocycles. The third kappa shape index (κ3) is 1.80. The average Bonchev–Trinajstić information content (AvgIpc) is 1.65. The van der Waals surface area contributed by atoms with Crippen molar-refractivity contribution in [3.05, 3.63) is 0 Å². The van der Waals surface area contributed by atoms with E-state index in [4.69, 9.17) is 6.42 Å². The second-order valence-corrected chi connectivity index (χ2v) is 1.04. The van der Waals surface area contributed by atoms with Crippen molar-refractivity contribution in [2.24, 2.45) is 0 Å². The van der Waals surface area contributed by atoms with Gasteiger partial charge in [-0.05, 0) is 6.92 Å². The van der Waals surface area contributed by atoms with Crippen molar-refractivity contribution in [3.8, 4) is 12.3 Å². The van der Waals surface area contributed by atoms with Gasteiger partial charge in [0.05, 0.1) is 0 Å². The zero-order valence-electron chi connectivity index (χ0n) is 4.06. The molecule has 1 heteroatoms. The third-order valence-corrected chi connectivity index (χ3v) is 0.588. The minimum atomic E-state index is -0.0370.